The molecule has 0 saturated carbocycles. The van der Waals surface area contributed by atoms with E-state index in [-0.39, 0.29) is 0 Å². The first-order valence-corrected chi connectivity index (χ1v) is 4.19. The molecule has 0 aliphatic carbocycles. The normalized spacial score (nSPS) is 9.18. The third-order valence-electron chi connectivity index (χ3n) is 1.30. The molecule has 0 unspecified atom stereocenters. The Labute approximate surface area is 69.6 Å². The zero-order chi connectivity index (χ0) is 8.10. The minimum Gasteiger partial charge on any atom is -0.315 e. The summed E-state index contributed by atoms with van der Waals surface area (Å²) in [4.78, 5) is 11.4. The van der Waals surface area contributed by atoms with E-state index >= 15 is 0 Å². The molecular weight excluding hydrogens is 158 g/mol. The predicted molar refractivity (Wildman–Crippen MR) is 47.3 cm³/mol. The van der Waals surface area contributed by atoms with Crippen LogP contribution in [-0.2, 0) is 4.79 Å². The quantitative estimate of drug-likeness (QED) is 0.685. The van der Waals surface area contributed by atoms with Gasteiger partial charge in [0.1, 0.15) is 5.94 Å². The predicted octanol–water partition coefficient (Wildman–Crippen LogP) is 1.18. The molecule has 0 aliphatic rings. The van der Waals surface area contributed by atoms with Gasteiger partial charge in [-0.3, -0.25) is 0 Å². The lowest BCUT2D eigenvalue weighted by atomic mass is 10.2. The number of carbonyl (C=O) groups excluding carboxylic acids is 1. The minimum absolute atomic E-state index is 0.587. The Bertz CT molecular complexity index is 260. The third kappa shape index (κ3) is 2.02. The zero-order valence-electron chi connectivity index (χ0n) is 6.26. The first-order valence-electron chi connectivity index (χ1n) is 3.31. The van der Waals surface area contributed by atoms with E-state index in [0.29, 0.717) is 12.1 Å². The van der Waals surface area contributed by atoms with E-state index in [1.165, 1.54) is 0 Å². The average molecular weight is 167 g/mol. The number of thiophene rings is 1. The second kappa shape index (κ2) is 4.09. The molecule has 0 amide bonds. The molecule has 0 spiro atoms. The van der Waals surface area contributed by atoms with Crippen LogP contribution < -0.4 is 5.32 Å². The van der Waals surface area contributed by atoms with Crippen molar-refractivity contribution in [3.63, 3.8) is 0 Å². The van der Waals surface area contributed by atoms with Gasteiger partial charge in [-0.25, -0.2) is 4.79 Å². The van der Waals surface area contributed by atoms with E-state index in [2.05, 4.69) is 5.32 Å². The van der Waals surface area contributed by atoms with Crippen molar-refractivity contribution in [2.75, 3.05) is 13.6 Å². The Hall–Kier alpha value is -0.890. The van der Waals surface area contributed by atoms with Crippen LogP contribution in [0.3, 0.4) is 0 Å². The molecule has 0 bridgehead atoms. The van der Waals surface area contributed by atoms with Gasteiger partial charge in [-0.1, -0.05) is 6.07 Å². The van der Waals surface area contributed by atoms with Crippen molar-refractivity contribution in [1.82, 2.24) is 5.32 Å². The molecule has 0 aromatic carbocycles. The summed E-state index contributed by atoms with van der Waals surface area (Å²) < 4.78 is 0. The van der Waals surface area contributed by atoms with E-state index in [0.717, 1.165) is 4.88 Å². The van der Waals surface area contributed by atoms with Crippen LogP contribution in [0.15, 0.2) is 17.5 Å². The smallest absolute Gasteiger partial charge is 0.130 e. The van der Waals surface area contributed by atoms with Crippen molar-refractivity contribution in [2.24, 2.45) is 0 Å². The van der Waals surface area contributed by atoms with Gasteiger partial charge in [-0.05, 0) is 18.5 Å². The van der Waals surface area contributed by atoms with Crippen molar-refractivity contribution in [3.8, 4) is 0 Å². The Balaban J connectivity index is 2.81. The van der Waals surface area contributed by atoms with Gasteiger partial charge in [-0.2, -0.15) is 0 Å². The van der Waals surface area contributed by atoms with Gasteiger partial charge in [0, 0.05) is 11.4 Å². The molecule has 0 aliphatic heterocycles. The number of hydrogen-bond donors (Lipinski definition) is 1. The Morgan fingerprint density at radius 2 is 2.64 bits per heavy atom. The van der Waals surface area contributed by atoms with Crippen LogP contribution in [0.25, 0.3) is 5.57 Å². The fourth-order valence-electron chi connectivity index (χ4n) is 0.801. The molecule has 3 heteroatoms. The number of hydrogen-bond acceptors (Lipinski definition) is 3. The van der Waals surface area contributed by atoms with Gasteiger partial charge >= 0.3 is 0 Å². The van der Waals surface area contributed by atoms with Gasteiger partial charge in [-0.15, -0.1) is 11.3 Å². The lowest BCUT2D eigenvalue weighted by Crippen LogP contribution is -2.09. The summed E-state index contributed by atoms with van der Waals surface area (Å²) in [6.07, 6.45) is 0. The van der Waals surface area contributed by atoms with Crippen LogP contribution in [-0.4, -0.2) is 19.5 Å². The minimum atomic E-state index is 0.587. The molecular formula is C8H9NOS. The molecule has 1 aromatic rings. The van der Waals surface area contributed by atoms with E-state index < -0.39 is 0 Å². The molecule has 0 saturated heterocycles. The zero-order valence-corrected chi connectivity index (χ0v) is 7.07. The summed E-state index contributed by atoms with van der Waals surface area (Å²) in [5, 5.41) is 4.86. The average Bonchev–Trinajstić information content (AvgIpc) is 2.52. The lowest BCUT2D eigenvalue weighted by Gasteiger charge is -1.96. The van der Waals surface area contributed by atoms with Crippen LogP contribution in [0.2, 0.25) is 0 Å². The maximum atomic E-state index is 10.4. The summed E-state index contributed by atoms with van der Waals surface area (Å²) in [7, 11) is 1.81. The van der Waals surface area contributed by atoms with E-state index in [1.807, 2.05) is 30.5 Å². The molecule has 1 heterocycles. The molecule has 1 N–H and O–H groups in total. The Kier molecular flexibility index (Phi) is 3.05. The van der Waals surface area contributed by atoms with Crippen molar-refractivity contribution in [3.05, 3.63) is 22.4 Å². The highest BCUT2D eigenvalue weighted by Crippen LogP contribution is 2.16. The molecule has 1 aromatic heterocycles. The van der Waals surface area contributed by atoms with Crippen LogP contribution in [0.5, 0.6) is 0 Å². The number of nitrogens with one attached hydrogen (secondary N) is 1. The molecule has 0 atom stereocenters. The summed E-state index contributed by atoms with van der Waals surface area (Å²) in [5.74, 6) is 1.92. The van der Waals surface area contributed by atoms with E-state index in [4.69, 9.17) is 0 Å². The van der Waals surface area contributed by atoms with Crippen molar-refractivity contribution >= 4 is 22.9 Å². The number of likely N-dealkylation sites (N-methyl/N-ethyl adjacent to an activating group) is 1. The van der Waals surface area contributed by atoms with Gasteiger partial charge in [0.15, 0.2) is 0 Å². The van der Waals surface area contributed by atoms with Crippen molar-refractivity contribution in [1.29, 1.82) is 0 Å². The van der Waals surface area contributed by atoms with E-state index in [9.17, 15) is 4.79 Å². The van der Waals surface area contributed by atoms with Gasteiger partial charge < -0.3 is 5.32 Å². The van der Waals surface area contributed by atoms with Crippen molar-refractivity contribution < 1.29 is 4.79 Å². The van der Waals surface area contributed by atoms with Gasteiger partial charge in [0.05, 0.1) is 5.57 Å². The highest BCUT2D eigenvalue weighted by atomic mass is 32.1. The summed E-state index contributed by atoms with van der Waals surface area (Å²) >= 11 is 1.56. The standard InChI is InChI=1S/C8H9NOS/c1-9-5-7(6-10)8-3-2-4-11-8/h2-4,9H,5H2,1H3. The maximum Gasteiger partial charge on any atom is 0.130 e. The van der Waals surface area contributed by atoms with Crippen LogP contribution in [0.4, 0.5) is 0 Å². The molecule has 2 nitrogen and oxygen atoms in total. The molecule has 0 radical (unpaired) electrons. The van der Waals surface area contributed by atoms with Crippen LogP contribution in [0, 0.1) is 0 Å². The molecule has 0 fully saturated rings. The summed E-state index contributed by atoms with van der Waals surface area (Å²) in [5.41, 5.74) is 0.697. The van der Waals surface area contributed by atoms with Crippen molar-refractivity contribution in [2.45, 2.75) is 0 Å². The lowest BCUT2D eigenvalue weighted by molar-refractivity contribution is 0.569. The van der Waals surface area contributed by atoms with Crippen LogP contribution in [0.1, 0.15) is 4.88 Å². The summed E-state index contributed by atoms with van der Waals surface area (Å²) in [6.45, 7) is 0.587. The highest BCUT2D eigenvalue weighted by Gasteiger charge is 2.00. The monoisotopic (exact) mass is 167 g/mol. The molecule has 1 rings (SSSR count). The first kappa shape index (κ1) is 8.21. The first-order chi connectivity index (χ1) is 5.38. The molecule has 11 heavy (non-hydrogen) atoms. The maximum absolute atomic E-state index is 10.4. The molecule has 58 valence electrons. The van der Waals surface area contributed by atoms with E-state index in [1.54, 1.807) is 11.3 Å². The number of rotatable bonds is 3. The van der Waals surface area contributed by atoms with Crippen LogP contribution >= 0.6 is 11.3 Å². The fraction of sp³-hybridized carbons (Fsp3) is 0.250. The fourth-order valence-corrected chi connectivity index (χ4v) is 1.52. The van der Waals surface area contributed by atoms with Gasteiger partial charge in [0.2, 0.25) is 0 Å². The third-order valence-corrected chi connectivity index (χ3v) is 2.22. The largest absolute Gasteiger partial charge is 0.315 e. The Morgan fingerprint density at radius 3 is 3.09 bits per heavy atom. The topological polar surface area (TPSA) is 29.1 Å². The Morgan fingerprint density at radius 1 is 1.82 bits per heavy atom. The summed E-state index contributed by atoms with van der Waals surface area (Å²) in [6, 6.07) is 3.84. The second-order valence-electron chi connectivity index (χ2n) is 2.09. The highest BCUT2D eigenvalue weighted by molar-refractivity contribution is 7.11. The second-order valence-corrected chi connectivity index (χ2v) is 3.04. The SMILES string of the molecule is CNCC(=C=O)c1cccs1. The van der Waals surface area contributed by atoms with Gasteiger partial charge in [0.25, 0.3) is 0 Å².